The van der Waals surface area contributed by atoms with Crippen molar-refractivity contribution >= 4 is 45.0 Å². The molecule has 2 unspecified atom stereocenters. The number of hydrogen-bond acceptors (Lipinski definition) is 15. The van der Waals surface area contributed by atoms with E-state index in [9.17, 15) is 43.5 Å². The third-order valence-electron chi connectivity index (χ3n) is 8.21. The lowest BCUT2D eigenvalue weighted by atomic mass is 10.3. The predicted molar refractivity (Wildman–Crippen MR) is 185 cm³/mol. The fraction of sp³-hybridized carbons (Fsp3) is 0.182. The second-order valence-electron chi connectivity index (χ2n) is 12.3. The van der Waals surface area contributed by atoms with Gasteiger partial charge in [0.25, 0.3) is 0 Å². The highest BCUT2D eigenvalue weighted by Crippen LogP contribution is 2.44. The van der Waals surface area contributed by atoms with E-state index in [1.165, 1.54) is 41.3 Å². The van der Waals surface area contributed by atoms with Gasteiger partial charge in [-0.05, 0) is 54.8 Å². The van der Waals surface area contributed by atoms with E-state index in [4.69, 9.17) is 11.5 Å². The van der Waals surface area contributed by atoms with Gasteiger partial charge in [-0.2, -0.15) is 60.6 Å². The highest BCUT2D eigenvalue weighted by atomic mass is 32.2. The average Bonchev–Trinajstić information content (AvgIpc) is 3.89. The van der Waals surface area contributed by atoms with Gasteiger partial charge in [0.1, 0.15) is 22.8 Å². The SMILES string of the molecule is Nc1nc(Nc2cccc(S(=O)(=O)CC3CC3N(c3cnc(F)c(F)c3)c3nc(N)nc(-c4cccc(C(F)(F)F)n4)n3)c2)nc(-c2cccc(C(F)(F)F)n2)n1. The summed E-state index contributed by atoms with van der Waals surface area (Å²) in [5.74, 6) is -6.10. The van der Waals surface area contributed by atoms with Crippen molar-refractivity contribution < 1.29 is 43.5 Å². The molecule has 0 spiro atoms. The van der Waals surface area contributed by atoms with Crippen molar-refractivity contribution in [2.45, 2.75) is 29.7 Å². The van der Waals surface area contributed by atoms with Gasteiger partial charge in [-0.3, -0.25) is 0 Å². The summed E-state index contributed by atoms with van der Waals surface area (Å²) in [7, 11) is -4.12. The van der Waals surface area contributed by atoms with Gasteiger partial charge in [-0.1, -0.05) is 18.2 Å². The third-order valence-corrected chi connectivity index (χ3v) is 10.0. The molecule has 5 aromatic heterocycles. The van der Waals surface area contributed by atoms with Crippen LogP contribution in [0.15, 0.2) is 77.8 Å². The minimum absolute atomic E-state index is 0.130. The molecule has 15 nitrogen and oxygen atoms in total. The summed E-state index contributed by atoms with van der Waals surface area (Å²) in [6, 6.07) is 11.5. The zero-order chi connectivity index (χ0) is 40.9. The van der Waals surface area contributed by atoms with Crippen LogP contribution in [0, 0.1) is 17.7 Å². The standard InChI is InChI=1S/C33H23F8N13O2S/c34-19-12-17(13-44-25(19)35)54(31-51-27(49-29(43)53-31)21-7-3-9-24(47-21)33(39,40)41)22-10-15(22)14-57(55,56)18-5-1-4-16(11-18)45-30-50-26(48-28(42)52-30)20-6-2-8-23(46-20)32(36,37)38/h1-9,11-13,15,22H,10,14H2,(H2,43,49,51,53)(H3,42,45,48,50,52). The minimum atomic E-state index is -4.80. The molecule has 1 aliphatic carbocycles. The van der Waals surface area contributed by atoms with Gasteiger partial charge in [-0.15, -0.1) is 0 Å². The van der Waals surface area contributed by atoms with Crippen molar-refractivity contribution in [3.63, 3.8) is 0 Å². The molecule has 1 saturated carbocycles. The number of nitrogens with two attached hydrogens (primary N) is 2. The summed E-state index contributed by atoms with van der Waals surface area (Å²) >= 11 is 0. The fourth-order valence-corrected chi connectivity index (χ4v) is 7.31. The molecule has 0 amide bonds. The van der Waals surface area contributed by atoms with E-state index in [0.717, 1.165) is 36.5 Å². The molecule has 5 N–H and O–H groups in total. The Hall–Kier alpha value is -6.72. The van der Waals surface area contributed by atoms with Gasteiger partial charge in [-0.25, -0.2) is 27.8 Å². The maximum atomic E-state index is 14.5. The molecule has 0 bridgehead atoms. The molecule has 6 aromatic rings. The van der Waals surface area contributed by atoms with Crippen LogP contribution in [0.4, 0.5) is 70.3 Å². The normalized spacial score (nSPS) is 15.6. The minimum Gasteiger partial charge on any atom is -0.368 e. The van der Waals surface area contributed by atoms with Gasteiger partial charge in [0, 0.05) is 17.8 Å². The van der Waals surface area contributed by atoms with Gasteiger partial charge in [0.05, 0.1) is 22.5 Å². The number of nitrogens with one attached hydrogen (secondary N) is 1. The third kappa shape index (κ3) is 8.58. The number of rotatable bonds is 10. The van der Waals surface area contributed by atoms with Crippen molar-refractivity contribution in [2.75, 3.05) is 27.4 Å². The van der Waals surface area contributed by atoms with E-state index in [-0.39, 0.29) is 57.7 Å². The van der Waals surface area contributed by atoms with E-state index in [2.05, 4.69) is 50.2 Å². The van der Waals surface area contributed by atoms with Crippen LogP contribution in [0.25, 0.3) is 23.0 Å². The topological polar surface area (TPSA) is 217 Å². The van der Waals surface area contributed by atoms with Gasteiger partial charge >= 0.3 is 12.4 Å². The maximum Gasteiger partial charge on any atom is 0.433 e. The number of alkyl halides is 6. The molecule has 294 valence electrons. The molecular formula is C33H23F8N13O2S. The quantitative estimate of drug-likeness (QED) is 0.110. The van der Waals surface area contributed by atoms with Crippen molar-refractivity contribution in [3.8, 4) is 23.0 Å². The number of hydrogen-bond donors (Lipinski definition) is 3. The molecule has 1 aromatic carbocycles. The zero-order valence-electron chi connectivity index (χ0n) is 28.4. The van der Waals surface area contributed by atoms with E-state index in [1.54, 1.807) is 0 Å². The molecule has 1 fully saturated rings. The first-order chi connectivity index (χ1) is 26.8. The summed E-state index contributed by atoms with van der Waals surface area (Å²) in [6.07, 6.45) is -8.48. The van der Waals surface area contributed by atoms with Crippen LogP contribution >= 0.6 is 0 Å². The number of sulfone groups is 1. The number of halogens is 8. The summed E-state index contributed by atoms with van der Waals surface area (Å²) < 4.78 is 136. The van der Waals surface area contributed by atoms with E-state index in [1.807, 2.05) is 0 Å². The first-order valence-corrected chi connectivity index (χ1v) is 17.8. The molecule has 0 aliphatic heterocycles. The number of nitrogen functional groups attached to an aromatic ring is 2. The predicted octanol–water partition coefficient (Wildman–Crippen LogP) is 5.80. The van der Waals surface area contributed by atoms with Crippen molar-refractivity contribution in [2.24, 2.45) is 5.92 Å². The van der Waals surface area contributed by atoms with Crippen LogP contribution < -0.4 is 21.7 Å². The number of benzene rings is 1. The Labute approximate surface area is 315 Å². The van der Waals surface area contributed by atoms with E-state index < -0.39 is 74.8 Å². The highest BCUT2D eigenvalue weighted by Gasteiger charge is 2.47. The lowest BCUT2D eigenvalue weighted by molar-refractivity contribution is -0.141. The van der Waals surface area contributed by atoms with Gasteiger partial charge in [0.15, 0.2) is 27.3 Å². The van der Waals surface area contributed by atoms with Crippen molar-refractivity contribution in [1.82, 2.24) is 44.9 Å². The molecule has 1 aliphatic rings. The van der Waals surface area contributed by atoms with Crippen LogP contribution in [-0.2, 0) is 22.2 Å². The first-order valence-electron chi connectivity index (χ1n) is 16.2. The number of anilines is 6. The molecule has 7 rings (SSSR count). The molecule has 0 radical (unpaired) electrons. The Balaban J connectivity index is 1.15. The number of nitrogens with zero attached hydrogens (tertiary/aromatic N) is 10. The summed E-state index contributed by atoms with van der Waals surface area (Å²) in [4.78, 5) is 35.6. The largest absolute Gasteiger partial charge is 0.433 e. The Morgan fingerprint density at radius 2 is 1.33 bits per heavy atom. The molecule has 24 heteroatoms. The van der Waals surface area contributed by atoms with Crippen LogP contribution in [-0.4, -0.2) is 65.1 Å². The summed E-state index contributed by atoms with van der Waals surface area (Å²) in [5, 5.41) is 2.76. The van der Waals surface area contributed by atoms with Crippen LogP contribution in [0.3, 0.4) is 0 Å². The Bertz CT molecular complexity index is 2620. The maximum absolute atomic E-state index is 14.5. The second-order valence-corrected chi connectivity index (χ2v) is 14.3. The van der Waals surface area contributed by atoms with Crippen LogP contribution in [0.5, 0.6) is 0 Å². The first kappa shape index (κ1) is 38.6. The second kappa shape index (κ2) is 14.4. The summed E-state index contributed by atoms with van der Waals surface area (Å²) in [5.41, 5.74) is 8.67. The van der Waals surface area contributed by atoms with Crippen molar-refractivity contribution in [3.05, 3.63) is 96.1 Å². The lowest BCUT2D eigenvalue weighted by Gasteiger charge is -2.23. The zero-order valence-corrected chi connectivity index (χ0v) is 29.2. The highest BCUT2D eigenvalue weighted by molar-refractivity contribution is 7.91. The summed E-state index contributed by atoms with van der Waals surface area (Å²) in [6.45, 7) is 0. The lowest BCUT2D eigenvalue weighted by Crippen LogP contribution is -2.26. The van der Waals surface area contributed by atoms with E-state index >= 15 is 0 Å². The fourth-order valence-electron chi connectivity index (χ4n) is 5.60. The van der Waals surface area contributed by atoms with Gasteiger partial charge < -0.3 is 21.7 Å². The Morgan fingerprint density at radius 3 is 1.95 bits per heavy atom. The van der Waals surface area contributed by atoms with Crippen LogP contribution in [0.2, 0.25) is 0 Å². The van der Waals surface area contributed by atoms with Crippen molar-refractivity contribution in [1.29, 1.82) is 0 Å². The Kier molecular flexibility index (Phi) is 9.75. The van der Waals surface area contributed by atoms with E-state index in [0.29, 0.717) is 0 Å². The molecule has 5 heterocycles. The molecular weight excluding hydrogens is 795 g/mol. The number of pyridine rings is 3. The monoisotopic (exact) mass is 817 g/mol. The molecule has 2 atom stereocenters. The molecule has 57 heavy (non-hydrogen) atoms. The number of aromatic nitrogens is 9. The average molecular weight is 818 g/mol. The molecule has 0 saturated heterocycles. The van der Waals surface area contributed by atoms with Gasteiger partial charge in [0.2, 0.25) is 29.7 Å². The smallest absolute Gasteiger partial charge is 0.368 e. The Morgan fingerprint density at radius 1 is 0.737 bits per heavy atom. The van der Waals surface area contributed by atoms with Crippen LogP contribution in [0.1, 0.15) is 17.8 Å².